The van der Waals surface area contributed by atoms with Gasteiger partial charge in [-0.3, -0.25) is 14.6 Å². The van der Waals surface area contributed by atoms with Gasteiger partial charge < -0.3 is 15.4 Å². The molecule has 4 rings (SSSR count). The molecule has 7 nitrogen and oxygen atoms in total. The Morgan fingerprint density at radius 2 is 2.18 bits per heavy atom. The number of likely N-dealkylation sites (tertiary alicyclic amines) is 1. The molecule has 28 heavy (non-hydrogen) atoms. The van der Waals surface area contributed by atoms with E-state index in [1.165, 1.54) is 0 Å². The lowest BCUT2D eigenvalue weighted by Crippen LogP contribution is -2.38. The summed E-state index contributed by atoms with van der Waals surface area (Å²) in [5.41, 5.74) is 7.93. The number of piperidine rings is 1. The van der Waals surface area contributed by atoms with Gasteiger partial charge in [0.05, 0.1) is 35.4 Å². The molecule has 1 aliphatic heterocycles. The van der Waals surface area contributed by atoms with Gasteiger partial charge in [0.2, 0.25) is 11.8 Å². The molecular formula is C21H22N4O3. The molecule has 0 radical (unpaired) electrons. The van der Waals surface area contributed by atoms with Crippen LogP contribution in [-0.2, 0) is 16.0 Å². The van der Waals surface area contributed by atoms with E-state index in [1.807, 2.05) is 25.1 Å². The Bertz CT molecular complexity index is 1010. The van der Waals surface area contributed by atoms with E-state index in [-0.39, 0.29) is 30.5 Å². The van der Waals surface area contributed by atoms with Crippen molar-refractivity contribution in [2.75, 3.05) is 7.11 Å². The lowest BCUT2D eigenvalue weighted by molar-refractivity contribution is -0.131. The molecule has 1 saturated carbocycles. The van der Waals surface area contributed by atoms with Crippen LogP contribution in [0.5, 0.6) is 0 Å². The average Bonchev–Trinajstić information content (AvgIpc) is 3.35. The number of rotatable bonds is 5. The summed E-state index contributed by atoms with van der Waals surface area (Å²) in [6, 6.07) is 9.19. The molecule has 1 unspecified atom stereocenters. The topological polar surface area (TPSA) is 109 Å². The van der Waals surface area contributed by atoms with Gasteiger partial charge in [0, 0.05) is 18.5 Å². The van der Waals surface area contributed by atoms with Crippen LogP contribution < -0.4 is 5.73 Å². The van der Waals surface area contributed by atoms with Gasteiger partial charge in [-0.05, 0) is 49.4 Å². The van der Waals surface area contributed by atoms with Gasteiger partial charge in [-0.1, -0.05) is 6.07 Å². The Hall–Kier alpha value is -2.98. The highest BCUT2D eigenvalue weighted by Gasteiger charge is 2.53. The summed E-state index contributed by atoms with van der Waals surface area (Å²) in [5, 5.41) is 9.95. The van der Waals surface area contributed by atoms with Gasteiger partial charge in [-0.2, -0.15) is 5.26 Å². The summed E-state index contributed by atoms with van der Waals surface area (Å²) in [5.74, 6) is -0.231. The van der Waals surface area contributed by atoms with Gasteiger partial charge in [-0.25, -0.2) is 0 Å². The number of nitriles is 1. The number of benzene rings is 1. The third-order valence-electron chi connectivity index (χ3n) is 5.85. The fraction of sp³-hybridized carbons (Fsp3) is 0.429. The third kappa shape index (κ3) is 3.10. The number of nitrogens with two attached hydrogens (primary N) is 1. The Kier molecular flexibility index (Phi) is 4.52. The molecule has 2 amide bonds. The SMILES string of the molecule is COC(C)c1ccc2nc(CC(=O)N3[C@H](C#N)C[C@@H]4C[C@@H]43)cc(C(N)=O)c2c1. The molecule has 7 heteroatoms. The number of aromatic nitrogens is 1. The zero-order chi connectivity index (χ0) is 20.0. The maximum Gasteiger partial charge on any atom is 0.249 e. The van der Waals surface area contributed by atoms with Gasteiger partial charge in [0.25, 0.3) is 0 Å². The number of pyridine rings is 1. The largest absolute Gasteiger partial charge is 0.377 e. The van der Waals surface area contributed by atoms with Crippen LogP contribution in [0.2, 0.25) is 0 Å². The predicted molar refractivity (Wildman–Crippen MR) is 102 cm³/mol. The number of nitrogens with zero attached hydrogens (tertiary/aromatic N) is 3. The summed E-state index contributed by atoms with van der Waals surface area (Å²) in [6.07, 6.45) is 1.65. The number of fused-ring (bicyclic) bond motifs is 2. The van der Waals surface area contributed by atoms with E-state index in [0.29, 0.717) is 28.1 Å². The molecule has 1 aliphatic carbocycles. The van der Waals surface area contributed by atoms with Crippen molar-refractivity contribution in [3.05, 3.63) is 41.1 Å². The smallest absolute Gasteiger partial charge is 0.249 e. The number of hydrogen-bond acceptors (Lipinski definition) is 5. The van der Waals surface area contributed by atoms with E-state index in [0.717, 1.165) is 18.4 Å². The van der Waals surface area contributed by atoms with Crippen molar-refractivity contribution in [3.8, 4) is 6.07 Å². The number of amides is 2. The van der Waals surface area contributed by atoms with Crippen molar-refractivity contribution < 1.29 is 14.3 Å². The molecule has 1 saturated heterocycles. The van der Waals surface area contributed by atoms with Crippen molar-refractivity contribution in [1.82, 2.24) is 9.88 Å². The van der Waals surface area contributed by atoms with Crippen LogP contribution in [0, 0.1) is 17.2 Å². The molecule has 2 fully saturated rings. The number of carbonyl (C=O) groups excluding carboxylic acids is 2. The summed E-state index contributed by atoms with van der Waals surface area (Å²) in [7, 11) is 1.62. The summed E-state index contributed by atoms with van der Waals surface area (Å²) < 4.78 is 5.34. The fourth-order valence-electron chi connectivity index (χ4n) is 4.16. The molecule has 1 aromatic heterocycles. The molecule has 144 valence electrons. The molecule has 1 aromatic carbocycles. The molecule has 2 aromatic rings. The summed E-state index contributed by atoms with van der Waals surface area (Å²) in [6.45, 7) is 1.92. The van der Waals surface area contributed by atoms with Crippen LogP contribution in [0.4, 0.5) is 0 Å². The Labute approximate surface area is 163 Å². The Morgan fingerprint density at radius 1 is 1.39 bits per heavy atom. The highest BCUT2D eigenvalue weighted by atomic mass is 16.5. The van der Waals surface area contributed by atoms with Crippen LogP contribution in [0.15, 0.2) is 24.3 Å². The van der Waals surface area contributed by atoms with E-state index in [9.17, 15) is 14.9 Å². The number of ether oxygens (including phenoxy) is 1. The minimum absolute atomic E-state index is 0.0494. The van der Waals surface area contributed by atoms with Crippen molar-refractivity contribution in [3.63, 3.8) is 0 Å². The third-order valence-corrected chi connectivity index (χ3v) is 5.85. The van der Waals surface area contributed by atoms with Crippen LogP contribution in [0.25, 0.3) is 10.9 Å². The first-order valence-corrected chi connectivity index (χ1v) is 9.40. The first-order chi connectivity index (χ1) is 13.4. The molecule has 2 aliphatic rings. The number of hydrogen-bond donors (Lipinski definition) is 1. The van der Waals surface area contributed by atoms with Crippen molar-refractivity contribution in [1.29, 1.82) is 5.26 Å². The fourth-order valence-corrected chi connectivity index (χ4v) is 4.16. The van der Waals surface area contributed by atoms with Crippen molar-refractivity contribution in [2.24, 2.45) is 11.7 Å². The molecule has 0 bridgehead atoms. The van der Waals surface area contributed by atoms with Crippen LogP contribution >= 0.6 is 0 Å². The highest BCUT2D eigenvalue weighted by Crippen LogP contribution is 2.47. The molecular weight excluding hydrogens is 356 g/mol. The number of methoxy groups -OCH3 is 1. The summed E-state index contributed by atoms with van der Waals surface area (Å²) >= 11 is 0. The number of carbonyl (C=O) groups is 2. The van der Waals surface area contributed by atoms with E-state index in [1.54, 1.807) is 18.1 Å². The number of primary amides is 1. The van der Waals surface area contributed by atoms with E-state index in [2.05, 4.69) is 11.1 Å². The van der Waals surface area contributed by atoms with Crippen molar-refractivity contribution in [2.45, 2.75) is 44.4 Å². The van der Waals surface area contributed by atoms with E-state index < -0.39 is 5.91 Å². The van der Waals surface area contributed by atoms with E-state index in [4.69, 9.17) is 10.5 Å². The predicted octanol–water partition coefficient (Wildman–Crippen LogP) is 2.10. The zero-order valence-corrected chi connectivity index (χ0v) is 15.9. The van der Waals surface area contributed by atoms with Gasteiger partial charge in [0.15, 0.2) is 0 Å². The van der Waals surface area contributed by atoms with Crippen LogP contribution in [0.3, 0.4) is 0 Å². The quantitative estimate of drug-likeness (QED) is 0.857. The summed E-state index contributed by atoms with van der Waals surface area (Å²) in [4.78, 5) is 31.1. The van der Waals surface area contributed by atoms with E-state index >= 15 is 0 Å². The second-order valence-electron chi connectivity index (χ2n) is 7.60. The van der Waals surface area contributed by atoms with Crippen LogP contribution in [0.1, 0.15) is 47.5 Å². The normalized spacial score (nSPS) is 23.9. The van der Waals surface area contributed by atoms with Gasteiger partial charge >= 0.3 is 0 Å². The zero-order valence-electron chi connectivity index (χ0n) is 15.9. The van der Waals surface area contributed by atoms with Crippen molar-refractivity contribution >= 4 is 22.7 Å². The minimum Gasteiger partial charge on any atom is -0.377 e. The second kappa shape index (κ2) is 6.88. The molecule has 0 spiro atoms. The molecule has 2 heterocycles. The lowest BCUT2D eigenvalue weighted by atomic mass is 10.0. The average molecular weight is 378 g/mol. The Morgan fingerprint density at radius 3 is 2.86 bits per heavy atom. The monoisotopic (exact) mass is 378 g/mol. The highest BCUT2D eigenvalue weighted by molar-refractivity contribution is 6.05. The lowest BCUT2D eigenvalue weighted by Gasteiger charge is -2.22. The first-order valence-electron chi connectivity index (χ1n) is 9.40. The maximum absolute atomic E-state index is 12.8. The van der Waals surface area contributed by atoms with Gasteiger partial charge in [0.1, 0.15) is 6.04 Å². The molecule has 2 N–H and O–H groups in total. The minimum atomic E-state index is -0.568. The van der Waals surface area contributed by atoms with Crippen LogP contribution in [-0.4, -0.2) is 40.9 Å². The molecule has 4 atom stereocenters. The first kappa shape index (κ1) is 18.4. The second-order valence-corrected chi connectivity index (χ2v) is 7.60. The van der Waals surface area contributed by atoms with Gasteiger partial charge in [-0.15, -0.1) is 0 Å². The maximum atomic E-state index is 12.8. The Balaban J connectivity index is 1.67. The standard InChI is InChI=1S/C21H22N4O3/c1-11(28-2)12-3-4-18-16(6-12)17(21(23)27)8-14(24-18)9-20(26)25-15(10-22)5-13-7-19(13)25/h3-4,6,8,11,13,15,19H,5,7,9H2,1-2H3,(H2,23,27)/t11?,13-,15+,19+/m1/s1.